The second-order valence-corrected chi connectivity index (χ2v) is 5.03. The van der Waals surface area contributed by atoms with E-state index in [0.29, 0.717) is 11.1 Å². The molecular weight excluding hydrogens is 320 g/mol. The van der Waals surface area contributed by atoms with Gasteiger partial charge in [-0.15, -0.1) is 11.3 Å². The third-order valence-electron chi connectivity index (χ3n) is 2.11. The monoisotopic (exact) mass is 328 g/mol. The van der Waals surface area contributed by atoms with Crippen molar-refractivity contribution in [2.24, 2.45) is 0 Å². The van der Waals surface area contributed by atoms with E-state index in [1.165, 1.54) is 17.4 Å². The molecule has 0 saturated carbocycles. The van der Waals surface area contributed by atoms with Crippen molar-refractivity contribution in [2.75, 3.05) is 0 Å². The first kappa shape index (κ1) is 13.0. The number of alkyl halides is 1. The van der Waals surface area contributed by atoms with Crippen LogP contribution in [0.4, 0.5) is 0 Å². The summed E-state index contributed by atoms with van der Waals surface area (Å²) in [7, 11) is 0. The molecule has 0 fully saturated rings. The van der Waals surface area contributed by atoms with Crippen molar-refractivity contribution in [3.8, 4) is 5.75 Å². The van der Waals surface area contributed by atoms with Gasteiger partial charge in [0, 0.05) is 10.9 Å². The predicted octanol–water partition coefficient (Wildman–Crippen LogP) is 2.74. The average molecular weight is 329 g/mol. The minimum Gasteiger partial charge on any atom is -0.464 e. The molecule has 4 nitrogen and oxygen atoms in total. The molecule has 2 heterocycles. The van der Waals surface area contributed by atoms with Crippen molar-refractivity contribution in [1.29, 1.82) is 0 Å². The van der Waals surface area contributed by atoms with Gasteiger partial charge >= 0.3 is 5.97 Å². The SMILES string of the molecule is O=C(Cc1cccs1)Oc1coc(CBr)cc1=O. The zero-order valence-electron chi connectivity index (χ0n) is 9.22. The number of hydrogen-bond acceptors (Lipinski definition) is 5. The molecule has 6 heteroatoms. The molecule has 94 valence electrons. The van der Waals surface area contributed by atoms with Gasteiger partial charge in [-0.2, -0.15) is 0 Å². The second-order valence-electron chi connectivity index (χ2n) is 3.44. The van der Waals surface area contributed by atoms with Gasteiger partial charge < -0.3 is 9.15 Å². The van der Waals surface area contributed by atoms with Gasteiger partial charge in [-0.05, 0) is 11.4 Å². The molecule has 2 rings (SSSR count). The number of carbonyl (C=O) groups excluding carboxylic acids is 1. The Balaban J connectivity index is 2.05. The van der Waals surface area contributed by atoms with Gasteiger partial charge in [0.1, 0.15) is 12.0 Å². The van der Waals surface area contributed by atoms with Crippen molar-refractivity contribution in [3.63, 3.8) is 0 Å². The van der Waals surface area contributed by atoms with Gasteiger partial charge in [0.2, 0.25) is 11.2 Å². The zero-order chi connectivity index (χ0) is 13.0. The lowest BCUT2D eigenvalue weighted by Gasteiger charge is -2.02. The van der Waals surface area contributed by atoms with Gasteiger partial charge in [0.15, 0.2) is 0 Å². The van der Waals surface area contributed by atoms with Crippen LogP contribution >= 0.6 is 27.3 Å². The quantitative estimate of drug-likeness (QED) is 0.639. The summed E-state index contributed by atoms with van der Waals surface area (Å²) in [4.78, 5) is 24.1. The van der Waals surface area contributed by atoms with Crippen molar-refractivity contribution in [1.82, 2.24) is 0 Å². The molecule has 0 aliphatic heterocycles. The second kappa shape index (κ2) is 5.97. The van der Waals surface area contributed by atoms with Crippen molar-refractivity contribution in [3.05, 3.63) is 50.7 Å². The van der Waals surface area contributed by atoms with Crippen LogP contribution in [0.2, 0.25) is 0 Å². The van der Waals surface area contributed by atoms with E-state index in [1.807, 2.05) is 17.5 Å². The van der Waals surface area contributed by atoms with E-state index in [9.17, 15) is 9.59 Å². The molecule has 0 unspecified atom stereocenters. The number of hydrogen-bond donors (Lipinski definition) is 0. The highest BCUT2D eigenvalue weighted by Gasteiger charge is 2.11. The predicted molar refractivity (Wildman–Crippen MR) is 71.3 cm³/mol. The molecule has 0 radical (unpaired) electrons. The molecule has 0 amide bonds. The molecule has 0 aliphatic rings. The van der Waals surface area contributed by atoms with Gasteiger partial charge in [0.05, 0.1) is 11.8 Å². The maximum absolute atomic E-state index is 11.6. The summed E-state index contributed by atoms with van der Waals surface area (Å²) >= 11 is 4.63. The molecule has 0 aliphatic carbocycles. The Morgan fingerprint density at radius 2 is 2.33 bits per heavy atom. The van der Waals surface area contributed by atoms with Crippen LogP contribution in [0.1, 0.15) is 10.6 Å². The Bertz CT molecular complexity index is 588. The summed E-state index contributed by atoms with van der Waals surface area (Å²) in [6, 6.07) is 4.98. The fourth-order valence-electron chi connectivity index (χ4n) is 1.30. The van der Waals surface area contributed by atoms with Crippen molar-refractivity contribution >= 4 is 33.2 Å². The number of halogens is 1. The van der Waals surface area contributed by atoms with Gasteiger partial charge in [-0.25, -0.2) is 0 Å². The highest BCUT2D eigenvalue weighted by molar-refractivity contribution is 9.08. The van der Waals surface area contributed by atoms with E-state index in [0.717, 1.165) is 11.1 Å². The van der Waals surface area contributed by atoms with Gasteiger partial charge in [0.25, 0.3) is 0 Å². The summed E-state index contributed by atoms with van der Waals surface area (Å²) in [6.45, 7) is 0. The molecule has 0 atom stereocenters. The van der Waals surface area contributed by atoms with E-state index >= 15 is 0 Å². The highest BCUT2D eigenvalue weighted by atomic mass is 79.9. The Labute approximate surface area is 115 Å². The lowest BCUT2D eigenvalue weighted by Crippen LogP contribution is -2.15. The summed E-state index contributed by atoms with van der Waals surface area (Å²) < 4.78 is 10.1. The van der Waals surface area contributed by atoms with E-state index < -0.39 is 5.97 Å². The zero-order valence-corrected chi connectivity index (χ0v) is 11.6. The van der Waals surface area contributed by atoms with Gasteiger partial charge in [-0.3, -0.25) is 9.59 Å². The topological polar surface area (TPSA) is 56.5 Å². The molecule has 0 spiro atoms. The number of thiophene rings is 1. The number of esters is 1. The van der Waals surface area contributed by atoms with Crippen LogP contribution in [0.25, 0.3) is 0 Å². The summed E-state index contributed by atoms with van der Waals surface area (Å²) in [5.74, 6) is -0.0735. The molecule has 2 aromatic heterocycles. The van der Waals surface area contributed by atoms with Crippen LogP contribution in [-0.2, 0) is 16.5 Å². The van der Waals surface area contributed by atoms with Crippen LogP contribution < -0.4 is 10.2 Å². The standard InChI is InChI=1S/C12H9BrO4S/c13-6-8-4-10(14)11(7-16-8)17-12(15)5-9-2-1-3-18-9/h1-4,7H,5-6H2. The Morgan fingerprint density at radius 3 is 2.94 bits per heavy atom. The number of rotatable bonds is 4. The van der Waals surface area contributed by atoms with Crippen LogP contribution in [0.5, 0.6) is 5.75 Å². The number of ether oxygens (including phenoxy) is 1. The Kier molecular flexibility index (Phi) is 4.33. The van der Waals surface area contributed by atoms with Crippen LogP contribution in [0.15, 0.2) is 39.1 Å². The minimum atomic E-state index is -0.476. The lowest BCUT2D eigenvalue weighted by molar-refractivity contribution is -0.133. The van der Waals surface area contributed by atoms with Crippen molar-refractivity contribution in [2.45, 2.75) is 11.8 Å². The Hall–Kier alpha value is -1.40. The highest BCUT2D eigenvalue weighted by Crippen LogP contribution is 2.12. The maximum atomic E-state index is 11.6. The van der Waals surface area contributed by atoms with E-state index in [2.05, 4.69) is 15.9 Å². The molecule has 18 heavy (non-hydrogen) atoms. The number of carbonyl (C=O) groups is 1. The fourth-order valence-corrected chi connectivity index (χ4v) is 2.28. The first-order valence-corrected chi connectivity index (χ1v) is 7.10. The van der Waals surface area contributed by atoms with E-state index in [-0.39, 0.29) is 17.6 Å². The normalized spacial score (nSPS) is 10.3. The maximum Gasteiger partial charge on any atom is 0.316 e. The molecule has 2 aromatic rings. The smallest absolute Gasteiger partial charge is 0.316 e. The summed E-state index contributed by atoms with van der Waals surface area (Å²) in [5.41, 5.74) is -0.366. The molecule has 0 bridgehead atoms. The summed E-state index contributed by atoms with van der Waals surface area (Å²) in [6.07, 6.45) is 1.31. The molecule has 0 aromatic carbocycles. The first-order chi connectivity index (χ1) is 8.69. The Morgan fingerprint density at radius 1 is 1.50 bits per heavy atom. The largest absolute Gasteiger partial charge is 0.464 e. The molecular formula is C12H9BrO4S. The minimum absolute atomic E-state index is 0.0822. The fraction of sp³-hybridized carbons (Fsp3) is 0.167. The van der Waals surface area contributed by atoms with Crippen LogP contribution in [-0.4, -0.2) is 5.97 Å². The average Bonchev–Trinajstić information content (AvgIpc) is 2.84. The molecule has 0 N–H and O–H groups in total. The van der Waals surface area contributed by atoms with E-state index in [1.54, 1.807) is 0 Å². The molecule has 0 saturated heterocycles. The van der Waals surface area contributed by atoms with Gasteiger partial charge in [-0.1, -0.05) is 22.0 Å². The first-order valence-electron chi connectivity index (χ1n) is 5.10. The third-order valence-corrected chi connectivity index (χ3v) is 3.54. The third kappa shape index (κ3) is 3.30. The van der Waals surface area contributed by atoms with Crippen molar-refractivity contribution < 1.29 is 13.9 Å². The summed E-state index contributed by atoms with van der Waals surface area (Å²) in [5, 5.41) is 2.31. The van der Waals surface area contributed by atoms with E-state index in [4.69, 9.17) is 9.15 Å². The lowest BCUT2D eigenvalue weighted by atomic mass is 10.3. The van der Waals surface area contributed by atoms with Crippen LogP contribution in [0.3, 0.4) is 0 Å². The van der Waals surface area contributed by atoms with Crippen LogP contribution in [0, 0.1) is 0 Å².